The van der Waals surface area contributed by atoms with E-state index in [0.29, 0.717) is 43.2 Å². The molecule has 1 heterocycles. The second-order valence-corrected chi connectivity index (χ2v) is 8.79. The van der Waals surface area contributed by atoms with E-state index in [1.165, 1.54) is 7.11 Å². The number of ether oxygens (including phenoxy) is 4. The van der Waals surface area contributed by atoms with Crippen molar-refractivity contribution in [2.24, 2.45) is 0 Å². The molecule has 1 aromatic rings. The molecule has 0 saturated carbocycles. The van der Waals surface area contributed by atoms with Gasteiger partial charge in [-0.1, -0.05) is 0 Å². The van der Waals surface area contributed by atoms with E-state index < -0.39 is 5.60 Å². The zero-order valence-corrected chi connectivity index (χ0v) is 19.1. The van der Waals surface area contributed by atoms with Gasteiger partial charge in [-0.05, 0) is 58.2 Å². The first-order valence-corrected chi connectivity index (χ1v) is 10.1. The highest BCUT2D eigenvalue weighted by atomic mass is 16.6. The molecule has 1 saturated heterocycles. The number of methoxy groups -OCH3 is 3. The summed E-state index contributed by atoms with van der Waals surface area (Å²) in [5.74, 6) is 1.41. The van der Waals surface area contributed by atoms with Gasteiger partial charge in [-0.3, -0.25) is 4.79 Å². The SMILES string of the molecule is COc1cc(CC(=O)NC2(C)CCN(C(=O)OC(C)(C)C)CC2)cc(OC)c1OC. The van der Waals surface area contributed by atoms with Gasteiger partial charge in [0, 0.05) is 18.6 Å². The third-order valence-corrected chi connectivity index (χ3v) is 5.05. The van der Waals surface area contributed by atoms with Crippen molar-refractivity contribution in [1.82, 2.24) is 10.2 Å². The molecule has 1 fully saturated rings. The molecule has 30 heavy (non-hydrogen) atoms. The van der Waals surface area contributed by atoms with Crippen molar-refractivity contribution in [2.45, 2.75) is 58.1 Å². The zero-order valence-electron chi connectivity index (χ0n) is 19.1. The van der Waals surface area contributed by atoms with E-state index in [-0.39, 0.29) is 24.0 Å². The van der Waals surface area contributed by atoms with Crippen molar-refractivity contribution in [3.63, 3.8) is 0 Å². The molecule has 1 N–H and O–H groups in total. The summed E-state index contributed by atoms with van der Waals surface area (Å²) in [5.41, 5.74) is -0.139. The number of amides is 2. The van der Waals surface area contributed by atoms with Crippen LogP contribution in [0, 0.1) is 0 Å². The molecule has 168 valence electrons. The van der Waals surface area contributed by atoms with Crippen LogP contribution in [-0.4, -0.2) is 62.5 Å². The normalized spacial score (nSPS) is 15.9. The van der Waals surface area contributed by atoms with Crippen LogP contribution in [0.1, 0.15) is 46.1 Å². The van der Waals surface area contributed by atoms with Gasteiger partial charge in [-0.15, -0.1) is 0 Å². The van der Waals surface area contributed by atoms with E-state index in [0.717, 1.165) is 5.56 Å². The maximum atomic E-state index is 12.7. The molecule has 0 unspecified atom stereocenters. The van der Waals surface area contributed by atoms with Gasteiger partial charge < -0.3 is 29.2 Å². The number of carbonyl (C=O) groups is 2. The summed E-state index contributed by atoms with van der Waals surface area (Å²) in [6.07, 6.45) is 1.19. The molecule has 2 rings (SSSR count). The fourth-order valence-electron chi connectivity index (χ4n) is 3.44. The van der Waals surface area contributed by atoms with Crippen LogP contribution < -0.4 is 19.5 Å². The molecular weight excluding hydrogens is 388 g/mol. The topological polar surface area (TPSA) is 86.3 Å². The van der Waals surface area contributed by atoms with Crippen molar-refractivity contribution in [2.75, 3.05) is 34.4 Å². The lowest BCUT2D eigenvalue weighted by atomic mass is 9.89. The molecule has 0 aliphatic carbocycles. The Balaban J connectivity index is 1.98. The van der Waals surface area contributed by atoms with E-state index in [1.54, 1.807) is 31.3 Å². The van der Waals surface area contributed by atoms with Crippen molar-refractivity contribution in [3.05, 3.63) is 17.7 Å². The van der Waals surface area contributed by atoms with Crippen molar-refractivity contribution >= 4 is 12.0 Å². The standard InChI is InChI=1S/C22H34N2O6/c1-21(2,3)30-20(26)24-10-8-22(4,9-11-24)23-18(25)14-15-12-16(27-5)19(29-7)17(13-15)28-6/h12-13H,8-11,14H2,1-7H3,(H,23,25). The van der Waals surface area contributed by atoms with E-state index in [2.05, 4.69) is 5.32 Å². The predicted molar refractivity (Wildman–Crippen MR) is 113 cm³/mol. The number of rotatable bonds is 6. The van der Waals surface area contributed by atoms with Crippen LogP contribution >= 0.6 is 0 Å². The number of carbonyl (C=O) groups excluding carboxylic acids is 2. The van der Waals surface area contributed by atoms with Crippen LogP contribution in [0.3, 0.4) is 0 Å². The van der Waals surface area contributed by atoms with Crippen LogP contribution in [0.5, 0.6) is 17.2 Å². The molecule has 0 radical (unpaired) electrons. The number of piperidine rings is 1. The second kappa shape index (κ2) is 9.45. The summed E-state index contributed by atoms with van der Waals surface area (Å²) < 4.78 is 21.5. The van der Waals surface area contributed by atoms with Crippen molar-refractivity contribution < 1.29 is 28.5 Å². The Morgan fingerprint density at radius 1 is 1.03 bits per heavy atom. The van der Waals surface area contributed by atoms with E-state index >= 15 is 0 Å². The van der Waals surface area contributed by atoms with Gasteiger partial charge in [0.15, 0.2) is 11.5 Å². The lowest BCUT2D eigenvalue weighted by molar-refractivity contribution is -0.122. The average molecular weight is 423 g/mol. The molecule has 1 aliphatic heterocycles. The van der Waals surface area contributed by atoms with Crippen LogP contribution in [0.2, 0.25) is 0 Å². The highest BCUT2D eigenvalue weighted by Gasteiger charge is 2.34. The van der Waals surface area contributed by atoms with Crippen LogP contribution in [-0.2, 0) is 16.0 Å². The van der Waals surface area contributed by atoms with Crippen LogP contribution in [0.15, 0.2) is 12.1 Å². The zero-order chi connectivity index (χ0) is 22.5. The number of likely N-dealkylation sites (tertiary alicyclic amines) is 1. The molecule has 8 heteroatoms. The predicted octanol–water partition coefficient (Wildman–Crippen LogP) is 3.16. The fourth-order valence-corrected chi connectivity index (χ4v) is 3.44. The van der Waals surface area contributed by atoms with Gasteiger partial charge in [0.25, 0.3) is 0 Å². The second-order valence-electron chi connectivity index (χ2n) is 8.79. The Morgan fingerprint density at radius 2 is 1.57 bits per heavy atom. The molecule has 0 aromatic heterocycles. The number of hydrogen-bond donors (Lipinski definition) is 1. The Bertz CT molecular complexity index is 738. The smallest absolute Gasteiger partial charge is 0.410 e. The Morgan fingerprint density at radius 3 is 2.00 bits per heavy atom. The van der Waals surface area contributed by atoms with Gasteiger partial charge in [-0.2, -0.15) is 0 Å². The first-order valence-electron chi connectivity index (χ1n) is 10.1. The summed E-state index contributed by atoms with van der Waals surface area (Å²) in [7, 11) is 4.62. The minimum absolute atomic E-state index is 0.0995. The van der Waals surface area contributed by atoms with Gasteiger partial charge in [0.2, 0.25) is 11.7 Å². The summed E-state index contributed by atoms with van der Waals surface area (Å²) in [5, 5.41) is 3.12. The van der Waals surface area contributed by atoms with Gasteiger partial charge in [-0.25, -0.2) is 4.79 Å². The highest BCUT2D eigenvalue weighted by molar-refractivity contribution is 5.80. The number of hydrogen-bond acceptors (Lipinski definition) is 6. The number of benzene rings is 1. The Hall–Kier alpha value is -2.64. The summed E-state index contributed by atoms with van der Waals surface area (Å²) in [4.78, 5) is 26.6. The minimum atomic E-state index is -0.521. The molecule has 0 spiro atoms. The van der Waals surface area contributed by atoms with E-state index in [1.807, 2.05) is 27.7 Å². The first kappa shape index (κ1) is 23.6. The van der Waals surface area contributed by atoms with Gasteiger partial charge >= 0.3 is 6.09 Å². The molecule has 2 amide bonds. The first-order chi connectivity index (χ1) is 14.0. The summed E-state index contributed by atoms with van der Waals surface area (Å²) in [6.45, 7) is 8.63. The average Bonchev–Trinajstić information content (AvgIpc) is 2.65. The summed E-state index contributed by atoms with van der Waals surface area (Å²) >= 11 is 0. The lowest BCUT2D eigenvalue weighted by Gasteiger charge is -2.40. The molecule has 1 aliphatic rings. The van der Waals surface area contributed by atoms with Crippen molar-refractivity contribution in [3.8, 4) is 17.2 Å². The molecule has 0 atom stereocenters. The third kappa shape index (κ3) is 6.18. The molecule has 1 aromatic carbocycles. The number of nitrogens with zero attached hydrogens (tertiary/aromatic N) is 1. The maximum absolute atomic E-state index is 12.7. The van der Waals surface area contributed by atoms with E-state index in [4.69, 9.17) is 18.9 Å². The monoisotopic (exact) mass is 422 g/mol. The molecular formula is C22H34N2O6. The minimum Gasteiger partial charge on any atom is -0.493 e. The summed E-state index contributed by atoms with van der Waals surface area (Å²) in [6, 6.07) is 3.54. The number of nitrogens with one attached hydrogen (secondary N) is 1. The molecule has 0 bridgehead atoms. The lowest BCUT2D eigenvalue weighted by Crippen LogP contribution is -2.55. The molecule has 8 nitrogen and oxygen atoms in total. The van der Waals surface area contributed by atoms with Crippen LogP contribution in [0.4, 0.5) is 4.79 Å². The Kier molecular flexibility index (Phi) is 7.44. The Labute approximate surface area is 178 Å². The van der Waals surface area contributed by atoms with Gasteiger partial charge in [0.05, 0.1) is 27.8 Å². The third-order valence-electron chi connectivity index (χ3n) is 5.05. The van der Waals surface area contributed by atoms with Crippen molar-refractivity contribution in [1.29, 1.82) is 0 Å². The quantitative estimate of drug-likeness (QED) is 0.758. The van der Waals surface area contributed by atoms with Gasteiger partial charge in [0.1, 0.15) is 5.60 Å². The van der Waals surface area contributed by atoms with Crippen LogP contribution in [0.25, 0.3) is 0 Å². The van der Waals surface area contributed by atoms with E-state index in [9.17, 15) is 9.59 Å². The fraction of sp³-hybridized carbons (Fsp3) is 0.636. The largest absolute Gasteiger partial charge is 0.493 e. The maximum Gasteiger partial charge on any atom is 0.410 e. The highest BCUT2D eigenvalue weighted by Crippen LogP contribution is 2.38.